The first-order valence-electron chi connectivity index (χ1n) is 12.4. The van der Waals surface area contributed by atoms with Gasteiger partial charge < -0.3 is 4.90 Å². The van der Waals surface area contributed by atoms with Gasteiger partial charge >= 0.3 is 0 Å². The van der Waals surface area contributed by atoms with Crippen molar-refractivity contribution in [2.45, 2.75) is 70.2 Å². The molecule has 4 atom stereocenters. The number of hydrogen-bond donors (Lipinski definition) is 0. The van der Waals surface area contributed by atoms with E-state index < -0.39 is 0 Å². The molecule has 1 saturated heterocycles. The molecule has 2 nitrogen and oxygen atoms in total. The van der Waals surface area contributed by atoms with Gasteiger partial charge in [0, 0.05) is 11.7 Å². The Kier molecular flexibility index (Phi) is 4.69. The van der Waals surface area contributed by atoms with E-state index >= 15 is 0 Å². The Morgan fingerprint density at radius 3 is 2.19 bits per heavy atom. The van der Waals surface area contributed by atoms with E-state index in [0.29, 0.717) is 24.2 Å². The van der Waals surface area contributed by atoms with Gasteiger partial charge in [-0.15, -0.1) is 0 Å². The molecule has 0 amide bonds. The lowest BCUT2D eigenvalue weighted by atomic mass is 9.71. The zero-order valence-electron chi connectivity index (χ0n) is 19.5. The van der Waals surface area contributed by atoms with E-state index in [0.717, 1.165) is 0 Å². The van der Waals surface area contributed by atoms with Crippen molar-refractivity contribution in [2.24, 2.45) is 5.92 Å². The molecule has 0 N–H and O–H groups in total. The highest BCUT2D eigenvalue weighted by atomic mass is 15.5. The van der Waals surface area contributed by atoms with E-state index in [1.807, 2.05) is 0 Å². The molecule has 2 heterocycles. The highest BCUT2D eigenvalue weighted by Crippen LogP contribution is 2.62. The molecule has 3 aliphatic rings. The van der Waals surface area contributed by atoms with E-state index in [1.165, 1.54) is 42.5 Å². The summed E-state index contributed by atoms with van der Waals surface area (Å²) in [6, 6.07) is 30.6. The Hall–Kier alpha value is -2.58. The fourth-order valence-corrected chi connectivity index (χ4v) is 7.54. The minimum Gasteiger partial charge on any atom is -0.351 e. The molecule has 32 heavy (non-hydrogen) atoms. The molecule has 0 radical (unpaired) electrons. The normalized spacial score (nSPS) is 30.0. The van der Waals surface area contributed by atoms with Crippen molar-refractivity contribution in [1.82, 2.24) is 4.90 Å². The molecule has 3 aromatic carbocycles. The third-order valence-corrected chi connectivity index (χ3v) is 8.65. The van der Waals surface area contributed by atoms with Crippen molar-refractivity contribution in [3.05, 3.63) is 101 Å². The molecule has 2 heteroatoms. The zero-order chi connectivity index (χ0) is 21.9. The maximum Gasteiger partial charge on any atom is 0.0812 e. The third-order valence-electron chi connectivity index (χ3n) is 8.65. The SMILES string of the molecule is Cc1ccccc1N1C(C)N2C(c3ccccc3C2(c2ccccc2)C2CCCC2)[C@@H]1C. The van der Waals surface area contributed by atoms with Gasteiger partial charge in [0.25, 0.3) is 0 Å². The first-order chi connectivity index (χ1) is 15.7. The highest BCUT2D eigenvalue weighted by molar-refractivity contribution is 5.60. The molecule has 3 unspecified atom stereocenters. The van der Waals surface area contributed by atoms with Crippen LogP contribution in [0.25, 0.3) is 0 Å². The van der Waals surface area contributed by atoms with Crippen LogP contribution in [0.3, 0.4) is 0 Å². The second kappa shape index (κ2) is 7.49. The molecule has 3 aromatic rings. The van der Waals surface area contributed by atoms with Crippen LogP contribution < -0.4 is 4.90 Å². The van der Waals surface area contributed by atoms with E-state index in [9.17, 15) is 0 Å². The number of fused-ring (bicyclic) bond motifs is 3. The van der Waals surface area contributed by atoms with E-state index in [2.05, 4.69) is 109 Å². The topological polar surface area (TPSA) is 6.48 Å². The van der Waals surface area contributed by atoms with Crippen molar-refractivity contribution in [2.75, 3.05) is 4.90 Å². The van der Waals surface area contributed by atoms with E-state index in [1.54, 1.807) is 11.1 Å². The lowest BCUT2D eigenvalue weighted by molar-refractivity contribution is 0.0448. The van der Waals surface area contributed by atoms with Crippen LogP contribution in [0.4, 0.5) is 5.69 Å². The summed E-state index contributed by atoms with van der Waals surface area (Å²) in [5.41, 5.74) is 7.28. The van der Waals surface area contributed by atoms with Crippen LogP contribution in [0.5, 0.6) is 0 Å². The average molecular weight is 423 g/mol. The smallest absolute Gasteiger partial charge is 0.0812 e. The van der Waals surface area contributed by atoms with Gasteiger partial charge in [-0.25, -0.2) is 0 Å². The summed E-state index contributed by atoms with van der Waals surface area (Å²) in [5, 5.41) is 0. The fourth-order valence-electron chi connectivity index (χ4n) is 7.54. The van der Waals surface area contributed by atoms with Crippen molar-refractivity contribution < 1.29 is 0 Å². The molecule has 2 fully saturated rings. The summed E-state index contributed by atoms with van der Waals surface area (Å²) < 4.78 is 0. The maximum absolute atomic E-state index is 2.92. The van der Waals surface area contributed by atoms with Gasteiger partial charge in [0.05, 0.1) is 17.7 Å². The van der Waals surface area contributed by atoms with Crippen molar-refractivity contribution in [3.63, 3.8) is 0 Å². The van der Waals surface area contributed by atoms with Crippen LogP contribution in [0.2, 0.25) is 0 Å². The monoisotopic (exact) mass is 422 g/mol. The van der Waals surface area contributed by atoms with Gasteiger partial charge in [0.15, 0.2) is 0 Å². The zero-order valence-corrected chi connectivity index (χ0v) is 19.5. The summed E-state index contributed by atoms with van der Waals surface area (Å²) in [6.07, 6.45) is 5.66. The standard InChI is InChI=1S/C30H34N2/c1-21-13-7-12-20-28(21)31-22(2)29-26-18-10-11-19-27(26)30(32(29)23(31)3,25-16-8-9-17-25)24-14-5-4-6-15-24/h4-7,10-15,18-20,22-23,25,29H,8-9,16-17H2,1-3H3/t22-,23?,29?,30?/m0/s1. The van der Waals surface area contributed by atoms with Gasteiger partial charge in [-0.3, -0.25) is 4.90 Å². The van der Waals surface area contributed by atoms with Crippen molar-refractivity contribution in [3.8, 4) is 0 Å². The van der Waals surface area contributed by atoms with E-state index in [4.69, 9.17) is 0 Å². The van der Waals surface area contributed by atoms with Gasteiger partial charge in [-0.2, -0.15) is 0 Å². The minimum absolute atomic E-state index is 0.0515. The molecule has 6 rings (SSSR count). The Morgan fingerprint density at radius 1 is 0.781 bits per heavy atom. The first-order valence-corrected chi connectivity index (χ1v) is 12.4. The van der Waals surface area contributed by atoms with Crippen LogP contribution in [0.1, 0.15) is 67.8 Å². The van der Waals surface area contributed by atoms with Crippen LogP contribution in [0, 0.1) is 12.8 Å². The first kappa shape index (κ1) is 20.1. The van der Waals surface area contributed by atoms with Crippen LogP contribution in [-0.4, -0.2) is 17.1 Å². The molecular weight excluding hydrogens is 388 g/mol. The molecular formula is C30H34N2. The number of nitrogens with zero attached hydrogens (tertiary/aromatic N) is 2. The van der Waals surface area contributed by atoms with E-state index in [-0.39, 0.29) is 5.54 Å². The Labute approximate surface area is 192 Å². The molecule has 1 aliphatic carbocycles. The second-order valence-electron chi connectivity index (χ2n) is 10.1. The summed E-state index contributed by atoms with van der Waals surface area (Å²) in [7, 11) is 0. The molecule has 164 valence electrons. The quantitative estimate of drug-likeness (QED) is 0.446. The molecule has 0 bridgehead atoms. The lowest BCUT2D eigenvalue weighted by Crippen LogP contribution is -2.52. The molecule has 0 aromatic heterocycles. The van der Waals surface area contributed by atoms with Gasteiger partial charge in [0.1, 0.15) is 0 Å². The number of hydrogen-bond acceptors (Lipinski definition) is 2. The largest absolute Gasteiger partial charge is 0.351 e. The molecule has 0 spiro atoms. The summed E-state index contributed by atoms with van der Waals surface area (Å²) in [6.45, 7) is 7.15. The highest BCUT2D eigenvalue weighted by Gasteiger charge is 2.62. The van der Waals surface area contributed by atoms with Crippen LogP contribution in [0.15, 0.2) is 78.9 Å². The number of anilines is 1. The van der Waals surface area contributed by atoms with Crippen molar-refractivity contribution in [1.29, 1.82) is 0 Å². The Bertz CT molecular complexity index is 1120. The third kappa shape index (κ3) is 2.56. The van der Waals surface area contributed by atoms with Gasteiger partial charge in [0.2, 0.25) is 0 Å². The van der Waals surface area contributed by atoms with Gasteiger partial charge in [-0.1, -0.05) is 85.6 Å². The number of rotatable bonds is 3. The second-order valence-corrected chi connectivity index (χ2v) is 10.1. The number of aryl methyl sites for hydroxylation is 1. The predicted molar refractivity (Wildman–Crippen MR) is 133 cm³/mol. The number of para-hydroxylation sites is 1. The van der Waals surface area contributed by atoms with Crippen molar-refractivity contribution >= 4 is 5.69 Å². The average Bonchev–Trinajstić information content (AvgIpc) is 3.51. The summed E-state index contributed by atoms with van der Waals surface area (Å²) >= 11 is 0. The summed E-state index contributed by atoms with van der Waals surface area (Å²) in [5.74, 6) is 0.655. The molecule has 2 aliphatic heterocycles. The number of benzene rings is 3. The van der Waals surface area contributed by atoms with Crippen LogP contribution >= 0.6 is 0 Å². The Morgan fingerprint density at radius 2 is 1.44 bits per heavy atom. The Balaban J connectivity index is 1.61. The lowest BCUT2D eigenvalue weighted by Gasteiger charge is -2.47. The minimum atomic E-state index is -0.0515. The maximum atomic E-state index is 2.92. The molecule has 1 saturated carbocycles. The predicted octanol–water partition coefficient (Wildman–Crippen LogP) is 7.04. The van der Waals surface area contributed by atoms with Crippen LogP contribution in [-0.2, 0) is 5.54 Å². The fraction of sp³-hybridized carbons (Fsp3) is 0.400. The van der Waals surface area contributed by atoms with Gasteiger partial charge in [-0.05, 0) is 67.9 Å². The summed E-state index contributed by atoms with van der Waals surface area (Å²) in [4.78, 5) is 5.61.